The number of anilines is 1. The van der Waals surface area contributed by atoms with Crippen molar-refractivity contribution >= 4 is 27.5 Å². The molecule has 3 aromatic rings. The van der Waals surface area contributed by atoms with E-state index in [2.05, 4.69) is 5.32 Å². The number of carbonyl (C=O) groups excluding carboxylic acids is 2. The Morgan fingerprint density at radius 3 is 2.30 bits per heavy atom. The second-order valence-corrected chi connectivity index (χ2v) is 12.3. The maximum absolute atomic E-state index is 14.1. The number of amides is 2. The minimum Gasteiger partial charge on any atom is -0.352 e. The largest absolute Gasteiger partial charge is 0.352 e. The lowest BCUT2D eigenvalue weighted by atomic mass is 10.1. The Morgan fingerprint density at radius 1 is 0.950 bits per heavy atom. The van der Waals surface area contributed by atoms with E-state index in [1.807, 2.05) is 50.2 Å². The van der Waals surface area contributed by atoms with Gasteiger partial charge in [0.1, 0.15) is 12.6 Å². The van der Waals surface area contributed by atoms with Crippen LogP contribution in [0.25, 0.3) is 0 Å². The van der Waals surface area contributed by atoms with E-state index in [0.29, 0.717) is 12.1 Å². The summed E-state index contributed by atoms with van der Waals surface area (Å²) in [5.74, 6) is -0.666. The Bertz CT molecular complexity index is 1420. The van der Waals surface area contributed by atoms with Crippen LogP contribution < -0.4 is 9.62 Å². The minimum atomic E-state index is -4.07. The third kappa shape index (κ3) is 6.91. The zero-order chi connectivity index (χ0) is 28.7. The van der Waals surface area contributed by atoms with Crippen LogP contribution in [-0.2, 0) is 32.6 Å². The molecule has 1 saturated carbocycles. The molecule has 8 heteroatoms. The highest BCUT2D eigenvalue weighted by atomic mass is 32.2. The zero-order valence-corrected chi connectivity index (χ0v) is 24.4. The Morgan fingerprint density at radius 2 is 1.62 bits per heavy atom. The van der Waals surface area contributed by atoms with Gasteiger partial charge in [-0.3, -0.25) is 13.9 Å². The predicted molar refractivity (Wildman–Crippen MR) is 158 cm³/mol. The number of hydrogen-bond donors (Lipinski definition) is 1. The molecule has 2 amide bonds. The van der Waals surface area contributed by atoms with Crippen LogP contribution in [0.2, 0.25) is 0 Å². The normalized spacial score (nSPS) is 14.5. The van der Waals surface area contributed by atoms with Crippen molar-refractivity contribution in [2.75, 3.05) is 10.8 Å². The summed E-state index contributed by atoms with van der Waals surface area (Å²) in [6, 6.07) is 22.5. The van der Waals surface area contributed by atoms with E-state index in [0.717, 1.165) is 42.4 Å². The zero-order valence-electron chi connectivity index (χ0n) is 23.5. The molecule has 1 N–H and O–H groups in total. The minimum absolute atomic E-state index is 0.103. The van der Waals surface area contributed by atoms with E-state index in [1.54, 1.807) is 37.3 Å². The SMILES string of the molecule is CCc1ccccc1N(CC(=O)N(Cc1cccc(C)c1)[C@H](C)C(=O)NC1CCCC1)S(=O)(=O)c1ccccc1. The van der Waals surface area contributed by atoms with Crippen LogP contribution >= 0.6 is 0 Å². The number of aryl methyl sites for hydroxylation is 2. The van der Waals surface area contributed by atoms with Gasteiger partial charge in [0.05, 0.1) is 10.6 Å². The maximum Gasteiger partial charge on any atom is 0.264 e. The average molecular weight is 562 g/mol. The summed E-state index contributed by atoms with van der Waals surface area (Å²) >= 11 is 0. The van der Waals surface area contributed by atoms with Gasteiger partial charge in [0, 0.05) is 12.6 Å². The maximum atomic E-state index is 14.1. The molecular formula is C32H39N3O4S. The molecule has 0 heterocycles. The summed E-state index contributed by atoms with van der Waals surface area (Å²) in [6.45, 7) is 5.40. The smallest absolute Gasteiger partial charge is 0.264 e. The molecule has 1 fully saturated rings. The number of benzene rings is 3. The van der Waals surface area contributed by atoms with E-state index in [4.69, 9.17) is 0 Å². The van der Waals surface area contributed by atoms with E-state index >= 15 is 0 Å². The van der Waals surface area contributed by atoms with Crippen LogP contribution in [0.4, 0.5) is 5.69 Å². The molecule has 1 aliphatic carbocycles. The quantitative estimate of drug-likeness (QED) is 0.347. The van der Waals surface area contributed by atoms with Crippen LogP contribution in [0.3, 0.4) is 0 Å². The van der Waals surface area contributed by atoms with E-state index in [9.17, 15) is 18.0 Å². The summed E-state index contributed by atoms with van der Waals surface area (Å²) in [4.78, 5) is 29.1. The number of sulfonamides is 1. The third-order valence-corrected chi connectivity index (χ3v) is 9.33. The van der Waals surface area contributed by atoms with Crippen molar-refractivity contribution < 1.29 is 18.0 Å². The fraction of sp³-hybridized carbons (Fsp3) is 0.375. The van der Waals surface area contributed by atoms with Crippen molar-refractivity contribution in [1.29, 1.82) is 0 Å². The molecular weight excluding hydrogens is 522 g/mol. The Balaban J connectivity index is 1.70. The van der Waals surface area contributed by atoms with Crippen LogP contribution in [0.5, 0.6) is 0 Å². The number of carbonyl (C=O) groups is 2. The van der Waals surface area contributed by atoms with Gasteiger partial charge in [0.25, 0.3) is 10.0 Å². The molecule has 0 aliphatic heterocycles. The molecule has 212 valence electrons. The summed E-state index contributed by atoms with van der Waals surface area (Å²) in [5.41, 5.74) is 3.19. The number of nitrogens with one attached hydrogen (secondary N) is 1. The molecule has 0 saturated heterocycles. The lowest BCUT2D eigenvalue weighted by molar-refractivity contribution is -0.139. The van der Waals surface area contributed by atoms with E-state index in [1.165, 1.54) is 21.3 Å². The molecule has 40 heavy (non-hydrogen) atoms. The lowest BCUT2D eigenvalue weighted by Gasteiger charge is -2.33. The molecule has 7 nitrogen and oxygen atoms in total. The van der Waals surface area contributed by atoms with Crippen molar-refractivity contribution in [3.05, 3.63) is 95.6 Å². The fourth-order valence-electron chi connectivity index (χ4n) is 5.27. The highest BCUT2D eigenvalue weighted by Gasteiger charge is 2.34. The second-order valence-electron chi connectivity index (χ2n) is 10.5. The first-order valence-corrected chi connectivity index (χ1v) is 15.5. The fourth-order valence-corrected chi connectivity index (χ4v) is 6.74. The van der Waals surface area contributed by atoms with Gasteiger partial charge in [-0.1, -0.05) is 86.0 Å². The molecule has 0 spiro atoms. The van der Waals surface area contributed by atoms with Crippen LogP contribution in [-0.4, -0.2) is 43.8 Å². The standard InChI is InChI=1S/C32H39N3O4S/c1-4-27-15-8-11-20-30(27)35(40(38,39)29-18-6-5-7-19-29)23-31(36)34(22-26-14-12-13-24(2)21-26)25(3)32(37)33-28-16-9-10-17-28/h5-8,11-15,18-21,25,28H,4,9-10,16-17,22-23H2,1-3H3,(H,33,37)/t25-/m1/s1. The third-order valence-electron chi connectivity index (χ3n) is 7.56. The van der Waals surface area contributed by atoms with Crippen molar-refractivity contribution in [3.63, 3.8) is 0 Å². The number of para-hydroxylation sites is 1. The summed E-state index contributed by atoms with van der Waals surface area (Å²) in [5, 5.41) is 3.11. The molecule has 0 radical (unpaired) electrons. The van der Waals surface area contributed by atoms with Crippen LogP contribution in [0.15, 0.2) is 83.8 Å². The van der Waals surface area contributed by atoms with Crippen molar-refractivity contribution in [2.24, 2.45) is 0 Å². The molecule has 0 aromatic heterocycles. The van der Waals surface area contributed by atoms with Gasteiger partial charge in [0.2, 0.25) is 11.8 Å². The van der Waals surface area contributed by atoms with E-state index < -0.39 is 28.5 Å². The van der Waals surface area contributed by atoms with Crippen molar-refractivity contribution in [1.82, 2.24) is 10.2 Å². The lowest BCUT2D eigenvalue weighted by Crippen LogP contribution is -2.52. The first-order chi connectivity index (χ1) is 19.2. The molecule has 1 aliphatic rings. The monoisotopic (exact) mass is 561 g/mol. The van der Waals surface area contributed by atoms with Gasteiger partial charge in [-0.25, -0.2) is 8.42 Å². The highest BCUT2D eigenvalue weighted by Crippen LogP contribution is 2.28. The number of rotatable bonds is 11. The van der Waals surface area contributed by atoms with Gasteiger partial charge >= 0.3 is 0 Å². The van der Waals surface area contributed by atoms with Gasteiger partial charge in [-0.2, -0.15) is 0 Å². The summed E-state index contributed by atoms with van der Waals surface area (Å²) in [6.07, 6.45) is 4.61. The van der Waals surface area contributed by atoms with E-state index in [-0.39, 0.29) is 23.4 Å². The Hall–Kier alpha value is -3.65. The topological polar surface area (TPSA) is 86.8 Å². The Labute approximate surface area is 238 Å². The van der Waals surface area contributed by atoms with Gasteiger partial charge < -0.3 is 10.2 Å². The number of nitrogens with zero attached hydrogens (tertiary/aromatic N) is 2. The molecule has 0 unspecified atom stereocenters. The van der Waals surface area contributed by atoms with Crippen LogP contribution in [0, 0.1) is 6.92 Å². The summed E-state index contributed by atoms with van der Waals surface area (Å²) in [7, 11) is -4.07. The highest BCUT2D eigenvalue weighted by molar-refractivity contribution is 7.92. The first kappa shape index (κ1) is 29.3. The molecule has 1 atom stereocenters. The number of hydrogen-bond acceptors (Lipinski definition) is 4. The van der Waals surface area contributed by atoms with Crippen LogP contribution in [0.1, 0.15) is 56.2 Å². The first-order valence-electron chi connectivity index (χ1n) is 14.0. The van der Waals surface area contributed by atoms with Gasteiger partial charge in [0.15, 0.2) is 0 Å². The average Bonchev–Trinajstić information content (AvgIpc) is 3.47. The molecule has 4 rings (SSSR count). The Kier molecular flexibility index (Phi) is 9.63. The molecule has 3 aromatic carbocycles. The van der Waals surface area contributed by atoms with Crippen molar-refractivity contribution in [3.8, 4) is 0 Å². The molecule has 0 bridgehead atoms. The second kappa shape index (κ2) is 13.1. The van der Waals surface area contributed by atoms with Gasteiger partial charge in [-0.05, 0) is 62.4 Å². The van der Waals surface area contributed by atoms with Gasteiger partial charge in [-0.15, -0.1) is 0 Å². The van der Waals surface area contributed by atoms with Crippen molar-refractivity contribution in [2.45, 2.75) is 76.4 Å². The predicted octanol–water partition coefficient (Wildman–Crippen LogP) is 5.23. The summed E-state index contributed by atoms with van der Waals surface area (Å²) < 4.78 is 29.1.